The van der Waals surface area contributed by atoms with Gasteiger partial charge in [-0.05, 0) is 92.7 Å². The van der Waals surface area contributed by atoms with E-state index in [1.54, 1.807) is 0 Å². The van der Waals surface area contributed by atoms with Gasteiger partial charge >= 0.3 is 0 Å². The first-order valence-electron chi connectivity index (χ1n) is 14.2. The monoisotopic (exact) mass is 564 g/mol. The highest BCUT2D eigenvalue weighted by Gasteiger charge is 2.35. The van der Waals surface area contributed by atoms with Crippen LogP contribution in [-0.2, 0) is 12.3 Å². The third-order valence-electron chi connectivity index (χ3n) is 7.57. The van der Waals surface area contributed by atoms with Crippen molar-refractivity contribution in [1.82, 2.24) is 9.97 Å². The topological polar surface area (TPSA) is 31.6 Å². The Labute approximate surface area is 243 Å². The highest BCUT2D eigenvalue weighted by molar-refractivity contribution is 7.72. The van der Waals surface area contributed by atoms with E-state index in [9.17, 15) is 0 Å². The van der Waals surface area contributed by atoms with Gasteiger partial charge in [0.2, 0.25) is 0 Å². The Hall–Kier alpha value is -2.92. The van der Waals surface area contributed by atoms with Crippen LogP contribution >= 0.6 is 15.8 Å². The summed E-state index contributed by atoms with van der Waals surface area (Å²) in [5.74, 6) is 0. The van der Waals surface area contributed by atoms with Crippen molar-refractivity contribution in [3.05, 3.63) is 121 Å². The molecule has 5 aromatic rings. The quantitative estimate of drug-likeness (QED) is 0.176. The molecule has 0 aliphatic rings. The normalized spacial score (nSPS) is 12.4. The van der Waals surface area contributed by atoms with Gasteiger partial charge in [-0.1, -0.05) is 110 Å². The predicted octanol–water partition coefficient (Wildman–Crippen LogP) is 9.89. The van der Waals surface area contributed by atoms with Crippen LogP contribution in [0.15, 0.2) is 110 Å². The molecule has 4 heteroatoms. The van der Waals surface area contributed by atoms with Crippen molar-refractivity contribution >= 4 is 26.5 Å². The number of aromatic amines is 2. The molecule has 0 saturated heterocycles. The molecule has 40 heavy (non-hydrogen) atoms. The summed E-state index contributed by atoms with van der Waals surface area (Å²) in [4.78, 5) is 6.64. The van der Waals surface area contributed by atoms with Gasteiger partial charge in [0.1, 0.15) is 0 Å². The van der Waals surface area contributed by atoms with Gasteiger partial charge in [0.05, 0.1) is 0 Å². The Morgan fingerprint density at radius 3 is 1.35 bits per heavy atom. The second kappa shape index (κ2) is 11.9. The first kappa shape index (κ1) is 28.6. The molecular weight excluding hydrogens is 522 g/mol. The molecule has 0 bridgehead atoms. The second-order valence-electron chi connectivity index (χ2n) is 12.6. The maximum Gasteiger partial charge on any atom is 0.00860 e. The highest BCUT2D eigenvalue weighted by Crippen LogP contribution is 2.62. The van der Waals surface area contributed by atoms with Gasteiger partial charge in [0.15, 0.2) is 0 Å². The van der Waals surface area contributed by atoms with E-state index in [1.165, 1.54) is 44.0 Å². The summed E-state index contributed by atoms with van der Waals surface area (Å²) in [6.07, 6.45) is 10.6. The van der Waals surface area contributed by atoms with E-state index in [0.717, 1.165) is 12.3 Å². The standard InChI is InChI=1S/C36H42N2P2/c1-35(2,3)40(36(4,5)6)26-30-22-34(28-15-11-8-12-16-28)33(27-13-9-7-10-14-27)21-29(30)25-39(31-17-19-37-23-31)32-18-20-38-24-32/h7-24,37-38H,25-26H2,1-6H3. The van der Waals surface area contributed by atoms with Gasteiger partial charge in [-0.2, -0.15) is 0 Å². The van der Waals surface area contributed by atoms with Gasteiger partial charge in [0, 0.05) is 30.9 Å². The summed E-state index contributed by atoms with van der Waals surface area (Å²) in [5.41, 5.74) is 8.19. The number of benzene rings is 3. The molecule has 0 fully saturated rings. The molecule has 0 unspecified atom stereocenters. The Morgan fingerprint density at radius 2 is 0.975 bits per heavy atom. The lowest BCUT2D eigenvalue weighted by atomic mass is 9.91. The third-order valence-corrected chi connectivity index (χ3v) is 13.9. The van der Waals surface area contributed by atoms with Gasteiger partial charge in [-0.3, -0.25) is 0 Å². The average molecular weight is 565 g/mol. The van der Waals surface area contributed by atoms with Crippen LogP contribution in [0.3, 0.4) is 0 Å². The smallest absolute Gasteiger partial charge is 0.00860 e. The summed E-state index contributed by atoms with van der Waals surface area (Å²) in [5, 5.41) is 3.29. The van der Waals surface area contributed by atoms with E-state index in [1.807, 2.05) is 0 Å². The van der Waals surface area contributed by atoms with E-state index in [4.69, 9.17) is 0 Å². The van der Waals surface area contributed by atoms with Gasteiger partial charge in [-0.25, -0.2) is 0 Å². The largest absolute Gasteiger partial charge is 0.367 e. The number of rotatable bonds is 8. The molecule has 0 aliphatic carbocycles. The Balaban J connectivity index is 1.73. The lowest BCUT2D eigenvalue weighted by Gasteiger charge is -2.42. The van der Waals surface area contributed by atoms with Crippen LogP contribution < -0.4 is 10.6 Å². The maximum absolute atomic E-state index is 3.32. The zero-order valence-electron chi connectivity index (χ0n) is 24.7. The molecule has 0 atom stereocenters. The lowest BCUT2D eigenvalue weighted by molar-refractivity contribution is 0.702. The third kappa shape index (κ3) is 6.52. The van der Waals surface area contributed by atoms with Crippen molar-refractivity contribution in [2.75, 3.05) is 0 Å². The summed E-state index contributed by atoms with van der Waals surface area (Å²) < 4.78 is 0. The summed E-state index contributed by atoms with van der Waals surface area (Å²) in [7, 11) is -0.851. The number of aromatic nitrogens is 2. The average Bonchev–Trinajstić information content (AvgIpc) is 3.65. The van der Waals surface area contributed by atoms with E-state index in [-0.39, 0.29) is 18.2 Å². The molecular formula is C36H42N2P2. The van der Waals surface area contributed by atoms with Crippen LogP contribution in [0.5, 0.6) is 0 Å². The molecule has 5 rings (SSSR count). The predicted molar refractivity (Wildman–Crippen MR) is 179 cm³/mol. The van der Waals surface area contributed by atoms with Crippen molar-refractivity contribution in [3.8, 4) is 22.3 Å². The van der Waals surface area contributed by atoms with Crippen LogP contribution in [0.1, 0.15) is 52.7 Å². The molecule has 0 spiro atoms. The minimum absolute atomic E-state index is 0.252. The van der Waals surface area contributed by atoms with Crippen molar-refractivity contribution in [3.63, 3.8) is 0 Å². The summed E-state index contributed by atoms with van der Waals surface area (Å²) >= 11 is 0. The molecule has 2 aromatic heterocycles. The molecule has 0 saturated carbocycles. The minimum atomic E-state index is -0.551. The number of nitrogens with one attached hydrogen (secondary N) is 2. The molecule has 0 aliphatic heterocycles. The van der Waals surface area contributed by atoms with E-state index >= 15 is 0 Å². The van der Waals surface area contributed by atoms with Crippen molar-refractivity contribution < 1.29 is 0 Å². The van der Waals surface area contributed by atoms with Crippen molar-refractivity contribution in [2.45, 2.75) is 64.2 Å². The van der Waals surface area contributed by atoms with Crippen LogP contribution in [-0.4, -0.2) is 20.3 Å². The summed E-state index contributed by atoms with van der Waals surface area (Å²) in [6, 6.07) is 31.5. The fourth-order valence-corrected chi connectivity index (χ4v) is 11.7. The number of hydrogen-bond acceptors (Lipinski definition) is 0. The molecule has 0 amide bonds. The first-order chi connectivity index (χ1) is 19.1. The summed E-state index contributed by atoms with van der Waals surface area (Å²) in [6.45, 7) is 14.6. The van der Waals surface area contributed by atoms with Gasteiger partial charge in [-0.15, -0.1) is 0 Å². The first-order valence-corrected chi connectivity index (χ1v) is 17.2. The Morgan fingerprint density at radius 1 is 0.550 bits per heavy atom. The number of hydrogen-bond donors (Lipinski definition) is 2. The van der Waals surface area contributed by atoms with E-state index < -0.39 is 7.92 Å². The highest BCUT2D eigenvalue weighted by atomic mass is 31.1. The molecule has 2 N–H and O–H groups in total. The molecule has 2 heterocycles. The minimum Gasteiger partial charge on any atom is -0.367 e. The SMILES string of the molecule is CC(C)(C)P(Cc1cc(-c2ccccc2)c(-c2ccccc2)cc1CP(c1cc[nH]c1)c1cc[nH]c1)C(C)(C)C. The van der Waals surface area contributed by atoms with Crippen LogP contribution in [0.4, 0.5) is 0 Å². The van der Waals surface area contributed by atoms with Crippen molar-refractivity contribution in [1.29, 1.82) is 0 Å². The fraction of sp³-hybridized carbons (Fsp3) is 0.278. The van der Waals surface area contributed by atoms with E-state index in [2.05, 4.69) is 161 Å². The molecule has 3 aromatic carbocycles. The second-order valence-corrected chi connectivity index (χ2v) is 18.6. The fourth-order valence-electron chi connectivity index (χ4n) is 5.82. The zero-order valence-corrected chi connectivity index (χ0v) is 26.5. The van der Waals surface area contributed by atoms with E-state index in [0.29, 0.717) is 0 Å². The van der Waals surface area contributed by atoms with Crippen LogP contribution in [0.25, 0.3) is 22.3 Å². The van der Waals surface area contributed by atoms with Gasteiger partial charge < -0.3 is 9.97 Å². The van der Waals surface area contributed by atoms with Crippen molar-refractivity contribution in [2.24, 2.45) is 0 Å². The van der Waals surface area contributed by atoms with Gasteiger partial charge in [0.25, 0.3) is 0 Å². The Bertz CT molecular complexity index is 1440. The zero-order chi connectivity index (χ0) is 28.3. The Kier molecular flexibility index (Phi) is 8.51. The molecule has 2 nitrogen and oxygen atoms in total. The van der Waals surface area contributed by atoms with Crippen LogP contribution in [0, 0.1) is 0 Å². The lowest BCUT2D eigenvalue weighted by Crippen LogP contribution is -2.26. The molecule has 0 radical (unpaired) electrons. The van der Waals surface area contributed by atoms with Crippen LogP contribution in [0.2, 0.25) is 0 Å². The number of H-pyrrole nitrogens is 2. The molecule has 206 valence electrons. The maximum atomic E-state index is 3.32.